The molecule has 0 aliphatic carbocycles. The molecule has 29 heavy (non-hydrogen) atoms. The summed E-state index contributed by atoms with van der Waals surface area (Å²) < 4.78 is 58.6. The topological polar surface area (TPSA) is 67.3 Å². The van der Waals surface area contributed by atoms with Gasteiger partial charge < -0.3 is 15.0 Å². The van der Waals surface area contributed by atoms with Crippen molar-refractivity contribution in [2.75, 3.05) is 25.5 Å². The summed E-state index contributed by atoms with van der Waals surface area (Å²) in [7, 11) is 1.58. The number of halogens is 4. The van der Waals surface area contributed by atoms with Gasteiger partial charge in [-0.25, -0.2) is 19.2 Å². The van der Waals surface area contributed by atoms with Crippen molar-refractivity contribution < 1.29 is 27.1 Å². The Labute approximate surface area is 164 Å². The third-order valence-electron chi connectivity index (χ3n) is 4.69. The van der Waals surface area contributed by atoms with Crippen LogP contribution in [-0.2, 0) is 10.9 Å². The first-order valence-electron chi connectivity index (χ1n) is 9.06. The summed E-state index contributed by atoms with van der Waals surface area (Å²) in [4.78, 5) is 21.5. The zero-order valence-electron chi connectivity index (χ0n) is 15.7. The number of anilines is 1. The first-order valence-corrected chi connectivity index (χ1v) is 9.06. The van der Waals surface area contributed by atoms with Crippen LogP contribution < -0.4 is 5.32 Å². The summed E-state index contributed by atoms with van der Waals surface area (Å²) in [6.45, 7) is 0.928. The number of amides is 2. The average molecular weight is 412 g/mol. The van der Waals surface area contributed by atoms with Gasteiger partial charge in [0.1, 0.15) is 0 Å². The maximum absolute atomic E-state index is 13.4. The van der Waals surface area contributed by atoms with E-state index in [1.807, 2.05) is 0 Å². The number of methoxy groups -OCH3 is 1. The number of hydrogen-bond acceptors (Lipinski definition) is 4. The Kier molecular flexibility index (Phi) is 6.31. The van der Waals surface area contributed by atoms with E-state index >= 15 is 0 Å². The quantitative estimate of drug-likeness (QED) is 0.762. The second-order valence-electron chi connectivity index (χ2n) is 6.71. The summed E-state index contributed by atoms with van der Waals surface area (Å²) in [5, 5.41) is 2.62. The molecular weight excluding hydrogens is 392 g/mol. The lowest BCUT2D eigenvalue weighted by molar-refractivity contribution is -0.137. The van der Waals surface area contributed by atoms with Crippen LogP contribution in [0.1, 0.15) is 24.8 Å². The third-order valence-corrected chi connectivity index (χ3v) is 4.69. The number of ether oxygens (including phenoxy) is 1. The molecule has 1 aromatic heterocycles. The number of carbonyl (C=O) groups is 1. The van der Waals surface area contributed by atoms with Crippen molar-refractivity contribution in [3.63, 3.8) is 0 Å². The smallest absolute Gasteiger partial charge is 0.380 e. The predicted molar refractivity (Wildman–Crippen MR) is 97.7 cm³/mol. The fraction of sp³-hybridized carbons (Fsp3) is 0.421. The van der Waals surface area contributed by atoms with Crippen molar-refractivity contribution in [1.29, 1.82) is 0 Å². The maximum Gasteiger partial charge on any atom is 0.417 e. The minimum atomic E-state index is -4.66. The standard InChI is InChI=1S/C19H20F4N4O2/c1-29-14-4-2-3-7-27(11-14)18(28)26-13-5-6-16(19(21,22)23)15(8-13)17-24-9-12(20)10-25-17/h5-6,8-10,14H,2-4,7,11H2,1H3,(H,26,28)/t14-/m0/s1. The van der Waals surface area contributed by atoms with E-state index in [2.05, 4.69) is 15.3 Å². The lowest BCUT2D eigenvalue weighted by Crippen LogP contribution is -2.39. The molecule has 2 amide bonds. The van der Waals surface area contributed by atoms with E-state index < -0.39 is 23.6 Å². The van der Waals surface area contributed by atoms with Gasteiger partial charge in [0.25, 0.3) is 0 Å². The van der Waals surface area contributed by atoms with Crippen LogP contribution in [0, 0.1) is 5.82 Å². The Morgan fingerprint density at radius 1 is 1.24 bits per heavy atom. The minimum absolute atomic E-state index is 0.0842. The third kappa shape index (κ3) is 5.20. The summed E-state index contributed by atoms with van der Waals surface area (Å²) in [6, 6.07) is 2.72. The van der Waals surface area contributed by atoms with Crippen LogP contribution in [0.3, 0.4) is 0 Å². The van der Waals surface area contributed by atoms with Crippen molar-refractivity contribution in [3.8, 4) is 11.4 Å². The van der Waals surface area contributed by atoms with Crippen LogP contribution in [0.2, 0.25) is 0 Å². The molecule has 2 heterocycles. The molecule has 2 aromatic rings. The first kappa shape index (κ1) is 21.0. The van der Waals surface area contributed by atoms with E-state index in [1.54, 1.807) is 12.0 Å². The molecule has 3 rings (SSSR count). The lowest BCUT2D eigenvalue weighted by Gasteiger charge is -2.24. The molecule has 1 atom stereocenters. The number of hydrogen-bond donors (Lipinski definition) is 1. The van der Waals surface area contributed by atoms with Gasteiger partial charge in [0, 0.05) is 31.5 Å². The molecule has 1 aliphatic heterocycles. The highest BCUT2D eigenvalue weighted by Gasteiger charge is 2.34. The van der Waals surface area contributed by atoms with E-state index in [0.29, 0.717) is 13.1 Å². The van der Waals surface area contributed by atoms with E-state index in [4.69, 9.17) is 4.74 Å². The van der Waals surface area contributed by atoms with Crippen molar-refractivity contribution in [2.45, 2.75) is 31.5 Å². The number of benzene rings is 1. The highest BCUT2D eigenvalue weighted by Crippen LogP contribution is 2.37. The summed E-state index contributed by atoms with van der Waals surface area (Å²) in [6.07, 6.45) is -0.590. The second kappa shape index (κ2) is 8.73. The molecule has 0 spiro atoms. The molecule has 1 N–H and O–H groups in total. The first-order chi connectivity index (χ1) is 13.8. The van der Waals surface area contributed by atoms with Gasteiger partial charge in [0.15, 0.2) is 11.6 Å². The average Bonchev–Trinajstić information content (AvgIpc) is 2.93. The van der Waals surface area contributed by atoms with Crippen LogP contribution in [0.5, 0.6) is 0 Å². The summed E-state index contributed by atoms with van der Waals surface area (Å²) in [5.74, 6) is -1.05. The Morgan fingerprint density at radius 2 is 1.97 bits per heavy atom. The molecule has 1 aliphatic rings. The van der Waals surface area contributed by atoms with Gasteiger partial charge >= 0.3 is 12.2 Å². The van der Waals surface area contributed by atoms with Crippen LogP contribution in [0.4, 0.5) is 28.0 Å². The van der Waals surface area contributed by atoms with Gasteiger partial charge in [0.05, 0.1) is 24.1 Å². The van der Waals surface area contributed by atoms with Gasteiger partial charge in [-0.15, -0.1) is 0 Å². The molecular formula is C19H20F4N4O2. The predicted octanol–water partition coefficient (Wildman–Crippen LogP) is 4.33. The lowest BCUT2D eigenvalue weighted by atomic mass is 10.1. The molecule has 156 valence electrons. The number of urea groups is 1. The van der Waals surface area contributed by atoms with Gasteiger partial charge in [-0.2, -0.15) is 13.2 Å². The van der Waals surface area contributed by atoms with E-state index in [1.165, 1.54) is 6.07 Å². The fourth-order valence-corrected chi connectivity index (χ4v) is 3.19. The number of aromatic nitrogens is 2. The van der Waals surface area contributed by atoms with Crippen LogP contribution in [0.25, 0.3) is 11.4 Å². The molecule has 1 fully saturated rings. The second-order valence-corrected chi connectivity index (χ2v) is 6.71. The zero-order chi connectivity index (χ0) is 21.0. The van der Waals surface area contributed by atoms with Crippen LogP contribution in [-0.4, -0.2) is 47.2 Å². The fourth-order valence-electron chi connectivity index (χ4n) is 3.19. The van der Waals surface area contributed by atoms with Gasteiger partial charge in [0.2, 0.25) is 0 Å². The Hall–Kier alpha value is -2.75. The van der Waals surface area contributed by atoms with Crippen molar-refractivity contribution in [3.05, 3.63) is 42.0 Å². The highest BCUT2D eigenvalue weighted by molar-refractivity contribution is 5.90. The van der Waals surface area contributed by atoms with Gasteiger partial charge in [-0.05, 0) is 37.5 Å². The molecule has 1 saturated heterocycles. The number of nitrogens with zero attached hydrogens (tertiary/aromatic N) is 3. The molecule has 0 unspecified atom stereocenters. The maximum atomic E-state index is 13.4. The molecule has 0 bridgehead atoms. The van der Waals surface area contributed by atoms with E-state index in [-0.39, 0.29) is 23.2 Å². The van der Waals surface area contributed by atoms with E-state index in [0.717, 1.165) is 43.8 Å². The van der Waals surface area contributed by atoms with E-state index in [9.17, 15) is 22.4 Å². The molecule has 6 nitrogen and oxygen atoms in total. The summed E-state index contributed by atoms with van der Waals surface area (Å²) in [5.41, 5.74) is -1.17. The van der Waals surface area contributed by atoms with Crippen molar-refractivity contribution in [1.82, 2.24) is 14.9 Å². The normalized spacial score (nSPS) is 17.7. The zero-order valence-corrected chi connectivity index (χ0v) is 15.7. The van der Waals surface area contributed by atoms with Crippen LogP contribution >= 0.6 is 0 Å². The largest absolute Gasteiger partial charge is 0.417 e. The van der Waals surface area contributed by atoms with Gasteiger partial charge in [-0.3, -0.25) is 0 Å². The Morgan fingerprint density at radius 3 is 2.62 bits per heavy atom. The number of alkyl halides is 3. The Bertz CT molecular complexity index is 858. The van der Waals surface area contributed by atoms with Crippen molar-refractivity contribution >= 4 is 11.7 Å². The number of nitrogens with one attached hydrogen (secondary N) is 1. The van der Waals surface area contributed by atoms with Crippen LogP contribution in [0.15, 0.2) is 30.6 Å². The molecule has 1 aromatic carbocycles. The highest BCUT2D eigenvalue weighted by atomic mass is 19.4. The molecule has 0 saturated carbocycles. The summed E-state index contributed by atoms with van der Waals surface area (Å²) >= 11 is 0. The number of carbonyl (C=O) groups excluding carboxylic acids is 1. The molecule has 0 radical (unpaired) electrons. The minimum Gasteiger partial charge on any atom is -0.380 e. The number of rotatable bonds is 3. The van der Waals surface area contributed by atoms with Crippen molar-refractivity contribution in [2.24, 2.45) is 0 Å². The molecule has 10 heteroatoms. The Balaban J connectivity index is 1.87. The number of likely N-dealkylation sites (tertiary alicyclic amines) is 1. The SMILES string of the molecule is CO[C@H]1CCCCN(C(=O)Nc2ccc(C(F)(F)F)c(-c3ncc(F)cn3)c2)C1. The van der Waals surface area contributed by atoms with Gasteiger partial charge in [-0.1, -0.05) is 0 Å². The monoisotopic (exact) mass is 412 g/mol.